The molecule has 0 N–H and O–H groups in total. The second-order valence-corrected chi connectivity index (χ2v) is 5.46. The van der Waals surface area contributed by atoms with Gasteiger partial charge in [-0.1, -0.05) is 61.8 Å². The van der Waals surface area contributed by atoms with Gasteiger partial charge >= 0.3 is 0 Å². The smallest absolute Gasteiger partial charge is 0.0210 e. The average molecular weight is 241 g/mol. The molecule has 0 amide bonds. The van der Waals surface area contributed by atoms with Crippen LogP contribution in [-0.2, 0) is 0 Å². The van der Waals surface area contributed by atoms with Gasteiger partial charge in [-0.2, -0.15) is 0 Å². The van der Waals surface area contributed by atoms with Crippen molar-refractivity contribution >= 4 is 15.9 Å². The Hall–Kier alpha value is -0.300. The van der Waals surface area contributed by atoms with Crippen LogP contribution in [0.5, 0.6) is 0 Å². The van der Waals surface area contributed by atoms with Gasteiger partial charge in [-0.25, -0.2) is 0 Å². The highest BCUT2D eigenvalue weighted by Gasteiger charge is 2.22. The molecule has 0 aliphatic rings. The first-order chi connectivity index (χ1) is 5.93. The molecule has 0 nitrogen and oxygen atoms in total. The lowest BCUT2D eigenvalue weighted by molar-refractivity contribution is 0.339. The molecule has 0 aromatic heterocycles. The van der Waals surface area contributed by atoms with E-state index in [0.717, 1.165) is 0 Å². The fourth-order valence-corrected chi connectivity index (χ4v) is 1.92. The lowest BCUT2D eigenvalue weighted by atomic mass is 9.78. The van der Waals surface area contributed by atoms with Crippen molar-refractivity contribution in [1.82, 2.24) is 0 Å². The lowest BCUT2D eigenvalue weighted by Gasteiger charge is -2.28. The van der Waals surface area contributed by atoms with Crippen LogP contribution in [0.3, 0.4) is 0 Å². The molecule has 1 atom stereocenters. The summed E-state index contributed by atoms with van der Waals surface area (Å²) < 4.78 is 1.22. The van der Waals surface area contributed by atoms with Crippen LogP contribution in [0.25, 0.3) is 0 Å². The molecule has 0 heterocycles. The van der Waals surface area contributed by atoms with Crippen LogP contribution in [-0.4, -0.2) is 0 Å². The van der Waals surface area contributed by atoms with Gasteiger partial charge in [0.25, 0.3) is 0 Å². The molecule has 1 heteroatoms. The topological polar surface area (TPSA) is 0 Å². The van der Waals surface area contributed by atoms with E-state index >= 15 is 0 Å². The van der Waals surface area contributed by atoms with Crippen LogP contribution in [0.1, 0.15) is 39.2 Å². The molecule has 1 unspecified atom stereocenters. The Balaban J connectivity index is 3.02. The van der Waals surface area contributed by atoms with Crippen molar-refractivity contribution in [3.05, 3.63) is 34.3 Å². The van der Waals surface area contributed by atoms with Crippen molar-refractivity contribution in [1.29, 1.82) is 0 Å². The van der Waals surface area contributed by atoms with Crippen molar-refractivity contribution in [3.8, 4) is 0 Å². The van der Waals surface area contributed by atoms with Gasteiger partial charge in [0, 0.05) is 4.47 Å². The highest BCUT2D eigenvalue weighted by molar-refractivity contribution is 9.10. The molecule has 72 valence electrons. The van der Waals surface area contributed by atoms with E-state index in [9.17, 15) is 0 Å². The molecule has 0 bridgehead atoms. The third kappa shape index (κ3) is 2.57. The molecule has 0 fully saturated rings. The summed E-state index contributed by atoms with van der Waals surface area (Å²) in [7, 11) is 0. The van der Waals surface area contributed by atoms with Crippen molar-refractivity contribution in [2.24, 2.45) is 5.41 Å². The summed E-state index contributed by atoms with van der Waals surface area (Å²) in [4.78, 5) is 0. The molecule has 13 heavy (non-hydrogen) atoms. The highest BCUT2D eigenvalue weighted by atomic mass is 79.9. The molecular weight excluding hydrogens is 224 g/mol. The number of rotatable bonds is 1. The van der Waals surface area contributed by atoms with Crippen molar-refractivity contribution in [2.45, 2.75) is 33.6 Å². The van der Waals surface area contributed by atoms with Crippen LogP contribution in [0.4, 0.5) is 0 Å². The van der Waals surface area contributed by atoms with E-state index in [1.165, 1.54) is 10.0 Å². The van der Waals surface area contributed by atoms with E-state index in [1.54, 1.807) is 0 Å². The molecule has 1 aromatic carbocycles. The van der Waals surface area contributed by atoms with Gasteiger partial charge in [0.2, 0.25) is 0 Å². The Morgan fingerprint density at radius 2 is 1.69 bits per heavy atom. The van der Waals surface area contributed by atoms with Gasteiger partial charge in [0.1, 0.15) is 0 Å². The molecule has 1 rings (SSSR count). The fourth-order valence-electron chi connectivity index (χ4n) is 1.29. The van der Waals surface area contributed by atoms with Crippen LogP contribution in [0.2, 0.25) is 0 Å². The van der Waals surface area contributed by atoms with Gasteiger partial charge in [-0.15, -0.1) is 0 Å². The number of hydrogen-bond donors (Lipinski definition) is 0. The number of halogens is 1. The molecular formula is C12H17Br. The van der Waals surface area contributed by atoms with Crippen LogP contribution < -0.4 is 0 Å². The highest BCUT2D eigenvalue weighted by Crippen LogP contribution is 2.37. The zero-order valence-corrected chi connectivity index (χ0v) is 10.4. The molecule has 0 saturated carbocycles. The van der Waals surface area contributed by atoms with E-state index < -0.39 is 0 Å². The first-order valence-electron chi connectivity index (χ1n) is 4.67. The lowest BCUT2D eigenvalue weighted by Crippen LogP contribution is -2.15. The summed E-state index contributed by atoms with van der Waals surface area (Å²) in [6.45, 7) is 9.10. The number of benzene rings is 1. The predicted octanol–water partition coefficient (Wildman–Crippen LogP) is 4.60. The first kappa shape index (κ1) is 10.8. The van der Waals surface area contributed by atoms with E-state index in [2.05, 4.69) is 67.9 Å². The first-order valence-corrected chi connectivity index (χ1v) is 5.46. The van der Waals surface area contributed by atoms with Gasteiger partial charge in [-0.05, 0) is 23.0 Å². The molecule has 0 spiro atoms. The Kier molecular flexibility index (Phi) is 3.18. The maximum absolute atomic E-state index is 3.59. The van der Waals surface area contributed by atoms with Crippen molar-refractivity contribution < 1.29 is 0 Å². The Labute approximate surface area is 89.5 Å². The average Bonchev–Trinajstić information content (AvgIpc) is 2.02. The second-order valence-electron chi connectivity index (χ2n) is 4.61. The predicted molar refractivity (Wildman–Crippen MR) is 62.0 cm³/mol. The van der Waals surface area contributed by atoms with Gasteiger partial charge in [-0.3, -0.25) is 0 Å². The molecule has 0 aliphatic carbocycles. The van der Waals surface area contributed by atoms with Gasteiger partial charge in [0.05, 0.1) is 0 Å². The maximum Gasteiger partial charge on any atom is 0.0210 e. The zero-order valence-electron chi connectivity index (χ0n) is 8.76. The molecule has 0 saturated heterocycles. The molecule has 1 aromatic rings. The van der Waals surface area contributed by atoms with Crippen LogP contribution in [0.15, 0.2) is 28.7 Å². The summed E-state index contributed by atoms with van der Waals surface area (Å²) in [6, 6.07) is 8.46. The summed E-state index contributed by atoms with van der Waals surface area (Å²) in [5, 5.41) is 0. The third-order valence-corrected chi connectivity index (χ3v) is 3.39. The Morgan fingerprint density at radius 1 is 1.15 bits per heavy atom. The SMILES string of the molecule is CC(c1ccccc1Br)C(C)(C)C. The number of hydrogen-bond acceptors (Lipinski definition) is 0. The quantitative estimate of drug-likeness (QED) is 0.674. The van der Waals surface area contributed by atoms with E-state index in [0.29, 0.717) is 11.3 Å². The Morgan fingerprint density at radius 3 is 2.15 bits per heavy atom. The van der Waals surface area contributed by atoms with E-state index in [1.807, 2.05) is 0 Å². The monoisotopic (exact) mass is 240 g/mol. The zero-order chi connectivity index (χ0) is 10.1. The minimum absolute atomic E-state index is 0.323. The largest absolute Gasteiger partial charge is 0.0619 e. The van der Waals surface area contributed by atoms with Crippen molar-refractivity contribution in [3.63, 3.8) is 0 Å². The van der Waals surface area contributed by atoms with Crippen LogP contribution in [0, 0.1) is 5.41 Å². The van der Waals surface area contributed by atoms with Crippen LogP contribution >= 0.6 is 15.9 Å². The molecule has 0 radical (unpaired) electrons. The standard InChI is InChI=1S/C12H17Br/c1-9(12(2,3)4)10-7-5-6-8-11(10)13/h5-9H,1-4H3. The normalized spacial score (nSPS) is 14.2. The van der Waals surface area contributed by atoms with E-state index in [4.69, 9.17) is 0 Å². The summed E-state index contributed by atoms with van der Waals surface area (Å²) in [6.07, 6.45) is 0. The van der Waals surface area contributed by atoms with E-state index in [-0.39, 0.29) is 0 Å². The summed E-state index contributed by atoms with van der Waals surface area (Å²) >= 11 is 3.59. The summed E-state index contributed by atoms with van der Waals surface area (Å²) in [5.74, 6) is 0.572. The maximum atomic E-state index is 3.59. The summed E-state index contributed by atoms with van der Waals surface area (Å²) in [5.41, 5.74) is 1.72. The molecule has 0 aliphatic heterocycles. The van der Waals surface area contributed by atoms with Gasteiger partial charge < -0.3 is 0 Å². The third-order valence-electron chi connectivity index (χ3n) is 2.67. The second kappa shape index (κ2) is 3.83. The van der Waals surface area contributed by atoms with Gasteiger partial charge in [0.15, 0.2) is 0 Å². The minimum Gasteiger partial charge on any atom is -0.0619 e. The Bertz CT molecular complexity index is 283. The minimum atomic E-state index is 0.323. The fraction of sp³-hybridized carbons (Fsp3) is 0.500. The van der Waals surface area contributed by atoms with Crippen molar-refractivity contribution in [2.75, 3.05) is 0 Å².